The molecule has 1 unspecified atom stereocenters. The van der Waals surface area contributed by atoms with Gasteiger partial charge in [0.25, 0.3) is 0 Å². The van der Waals surface area contributed by atoms with Crippen LogP contribution in [0.2, 0.25) is 0 Å². The first-order valence-electron chi connectivity index (χ1n) is 6.61. The molecule has 88 valence electrons. The number of hydrogen-bond donors (Lipinski definition) is 1. The molecular formula is C13H25NS. The number of thiol groups is 1. The van der Waals surface area contributed by atoms with E-state index in [1.165, 1.54) is 58.2 Å². The fourth-order valence-corrected chi connectivity index (χ4v) is 3.77. The first-order valence-corrected chi connectivity index (χ1v) is 7.24. The van der Waals surface area contributed by atoms with Crippen LogP contribution in [0.4, 0.5) is 0 Å². The van der Waals surface area contributed by atoms with Crippen LogP contribution in [-0.4, -0.2) is 30.3 Å². The molecule has 0 bridgehead atoms. The van der Waals surface area contributed by atoms with Crippen molar-refractivity contribution in [3.8, 4) is 0 Å². The van der Waals surface area contributed by atoms with E-state index in [9.17, 15) is 0 Å². The number of rotatable bonds is 4. The molecule has 0 aromatic rings. The van der Waals surface area contributed by atoms with Gasteiger partial charge in [-0.1, -0.05) is 26.2 Å². The molecule has 0 amide bonds. The largest absolute Gasteiger partial charge is 0.302 e. The zero-order chi connectivity index (χ0) is 10.7. The van der Waals surface area contributed by atoms with Gasteiger partial charge >= 0.3 is 0 Å². The molecule has 15 heavy (non-hydrogen) atoms. The van der Waals surface area contributed by atoms with Crippen LogP contribution in [0.3, 0.4) is 0 Å². The molecule has 2 aliphatic rings. The summed E-state index contributed by atoms with van der Waals surface area (Å²) >= 11 is 4.59. The molecule has 1 heterocycles. The summed E-state index contributed by atoms with van der Waals surface area (Å²) in [5, 5.41) is 0. The molecule has 1 nitrogen and oxygen atoms in total. The van der Waals surface area contributed by atoms with Crippen LogP contribution in [0.1, 0.15) is 45.4 Å². The lowest BCUT2D eigenvalue weighted by Crippen LogP contribution is -2.36. The van der Waals surface area contributed by atoms with E-state index >= 15 is 0 Å². The lowest BCUT2D eigenvalue weighted by Gasteiger charge is -2.32. The summed E-state index contributed by atoms with van der Waals surface area (Å²) in [6.45, 7) is 6.35. The van der Waals surface area contributed by atoms with Crippen molar-refractivity contribution >= 4 is 12.6 Å². The molecule has 0 aromatic heterocycles. The summed E-state index contributed by atoms with van der Waals surface area (Å²) in [5.74, 6) is 2.07. The average Bonchev–Trinajstić information content (AvgIpc) is 2.88. The van der Waals surface area contributed by atoms with Crippen LogP contribution in [0.15, 0.2) is 0 Å². The first-order chi connectivity index (χ1) is 7.28. The fraction of sp³-hybridized carbons (Fsp3) is 1.00. The Morgan fingerprint density at radius 1 is 1.33 bits per heavy atom. The molecular weight excluding hydrogens is 202 g/mol. The van der Waals surface area contributed by atoms with Crippen molar-refractivity contribution in [1.82, 2.24) is 4.90 Å². The Kier molecular flexibility index (Phi) is 4.00. The van der Waals surface area contributed by atoms with Gasteiger partial charge in [0.1, 0.15) is 0 Å². The second-order valence-electron chi connectivity index (χ2n) is 5.66. The second kappa shape index (κ2) is 5.09. The van der Waals surface area contributed by atoms with Crippen molar-refractivity contribution in [3.63, 3.8) is 0 Å². The van der Waals surface area contributed by atoms with Gasteiger partial charge in [0, 0.05) is 13.1 Å². The summed E-state index contributed by atoms with van der Waals surface area (Å²) in [5.41, 5.74) is 0.575. The summed E-state index contributed by atoms with van der Waals surface area (Å²) in [6, 6.07) is 0. The second-order valence-corrected chi connectivity index (χ2v) is 5.98. The molecule has 0 N–H and O–H groups in total. The van der Waals surface area contributed by atoms with Crippen LogP contribution in [0.5, 0.6) is 0 Å². The van der Waals surface area contributed by atoms with Gasteiger partial charge in [-0.15, -0.1) is 0 Å². The van der Waals surface area contributed by atoms with Gasteiger partial charge in [-0.2, -0.15) is 12.6 Å². The van der Waals surface area contributed by atoms with Crippen LogP contribution in [-0.2, 0) is 0 Å². The highest BCUT2D eigenvalue weighted by molar-refractivity contribution is 7.80. The summed E-state index contributed by atoms with van der Waals surface area (Å²) < 4.78 is 0. The highest BCUT2D eigenvalue weighted by atomic mass is 32.1. The predicted molar refractivity (Wildman–Crippen MR) is 69.6 cm³/mol. The van der Waals surface area contributed by atoms with Crippen molar-refractivity contribution in [2.24, 2.45) is 11.3 Å². The van der Waals surface area contributed by atoms with Crippen LogP contribution < -0.4 is 0 Å². The first kappa shape index (κ1) is 11.8. The summed E-state index contributed by atoms with van der Waals surface area (Å²) in [6.07, 6.45) is 8.51. The molecule has 0 radical (unpaired) electrons. The minimum absolute atomic E-state index is 0.575. The van der Waals surface area contributed by atoms with Crippen molar-refractivity contribution in [2.75, 3.05) is 25.4 Å². The predicted octanol–water partition coefficient (Wildman–Crippen LogP) is 3.21. The summed E-state index contributed by atoms with van der Waals surface area (Å²) in [7, 11) is 0. The third-order valence-corrected chi connectivity index (χ3v) is 5.18. The van der Waals surface area contributed by atoms with Crippen LogP contribution in [0.25, 0.3) is 0 Å². The molecule has 0 spiro atoms. The number of likely N-dealkylation sites (tertiary alicyclic amines) is 1. The van der Waals surface area contributed by atoms with Gasteiger partial charge in [-0.25, -0.2) is 0 Å². The topological polar surface area (TPSA) is 3.24 Å². The third-order valence-electron chi connectivity index (χ3n) is 4.51. The molecule has 1 aliphatic carbocycles. The normalized spacial score (nSPS) is 31.2. The molecule has 1 aliphatic heterocycles. The van der Waals surface area contributed by atoms with Crippen molar-refractivity contribution in [1.29, 1.82) is 0 Å². The number of nitrogens with zero attached hydrogens (tertiary/aromatic N) is 1. The SMILES string of the molecule is CCC1CCN(CC2(CS)CCCC2)C1. The highest BCUT2D eigenvalue weighted by Crippen LogP contribution is 2.40. The smallest absolute Gasteiger partial charge is 0.00459 e. The lowest BCUT2D eigenvalue weighted by atomic mass is 9.88. The van der Waals surface area contributed by atoms with E-state index in [0.29, 0.717) is 5.41 Å². The highest BCUT2D eigenvalue weighted by Gasteiger charge is 2.35. The van der Waals surface area contributed by atoms with Gasteiger partial charge < -0.3 is 4.90 Å². The molecule has 2 fully saturated rings. The van der Waals surface area contributed by atoms with E-state index in [-0.39, 0.29) is 0 Å². The Balaban J connectivity index is 1.85. The van der Waals surface area contributed by atoms with E-state index < -0.39 is 0 Å². The minimum atomic E-state index is 0.575. The van der Waals surface area contributed by atoms with Gasteiger partial charge in [0.2, 0.25) is 0 Å². The van der Waals surface area contributed by atoms with E-state index in [2.05, 4.69) is 24.5 Å². The van der Waals surface area contributed by atoms with E-state index in [1.54, 1.807) is 0 Å². The quantitative estimate of drug-likeness (QED) is 0.722. The molecule has 1 saturated carbocycles. The Bertz CT molecular complexity index is 199. The van der Waals surface area contributed by atoms with Gasteiger partial charge in [0.05, 0.1) is 0 Å². The van der Waals surface area contributed by atoms with Gasteiger partial charge in [-0.3, -0.25) is 0 Å². The van der Waals surface area contributed by atoms with E-state index in [0.717, 1.165) is 11.7 Å². The van der Waals surface area contributed by atoms with Crippen molar-refractivity contribution in [3.05, 3.63) is 0 Å². The summed E-state index contributed by atoms with van der Waals surface area (Å²) in [4.78, 5) is 2.70. The molecule has 0 aromatic carbocycles. The standard InChI is InChI=1S/C13H25NS/c1-2-12-5-8-14(9-12)10-13(11-15)6-3-4-7-13/h12,15H,2-11H2,1H3. The van der Waals surface area contributed by atoms with Crippen LogP contribution >= 0.6 is 12.6 Å². The monoisotopic (exact) mass is 227 g/mol. The van der Waals surface area contributed by atoms with Gasteiger partial charge in [0.15, 0.2) is 0 Å². The maximum absolute atomic E-state index is 4.59. The van der Waals surface area contributed by atoms with Crippen molar-refractivity contribution in [2.45, 2.75) is 45.4 Å². The number of hydrogen-bond acceptors (Lipinski definition) is 2. The molecule has 2 heteroatoms. The fourth-order valence-electron chi connectivity index (χ4n) is 3.36. The lowest BCUT2D eigenvalue weighted by molar-refractivity contribution is 0.196. The van der Waals surface area contributed by atoms with Gasteiger partial charge in [-0.05, 0) is 42.9 Å². The maximum atomic E-state index is 4.59. The Morgan fingerprint density at radius 2 is 2.07 bits per heavy atom. The molecule has 1 saturated heterocycles. The van der Waals surface area contributed by atoms with E-state index in [1.807, 2.05) is 0 Å². The molecule has 2 rings (SSSR count). The average molecular weight is 227 g/mol. The Hall–Kier alpha value is 0.310. The zero-order valence-electron chi connectivity index (χ0n) is 10.0. The zero-order valence-corrected chi connectivity index (χ0v) is 10.9. The van der Waals surface area contributed by atoms with E-state index in [4.69, 9.17) is 0 Å². The Morgan fingerprint density at radius 3 is 2.60 bits per heavy atom. The molecule has 1 atom stereocenters. The van der Waals surface area contributed by atoms with Crippen LogP contribution in [0, 0.1) is 11.3 Å². The Labute approximate surface area is 100 Å². The van der Waals surface area contributed by atoms with Crippen molar-refractivity contribution < 1.29 is 0 Å². The third kappa shape index (κ3) is 2.71. The maximum Gasteiger partial charge on any atom is 0.00459 e. The minimum Gasteiger partial charge on any atom is -0.302 e.